The van der Waals surface area contributed by atoms with Gasteiger partial charge in [-0.3, -0.25) is 9.48 Å². The van der Waals surface area contributed by atoms with Crippen LogP contribution in [0.25, 0.3) is 5.69 Å². The maximum atomic E-state index is 13.2. The summed E-state index contributed by atoms with van der Waals surface area (Å²) in [4.78, 5) is 29.0. The number of carbonyl (C=O) groups excluding carboxylic acids is 2. The van der Waals surface area contributed by atoms with Crippen molar-refractivity contribution in [2.24, 2.45) is 0 Å². The Morgan fingerprint density at radius 3 is 2.50 bits per heavy atom. The largest absolute Gasteiger partial charge is 0.452 e. The number of anilines is 1. The van der Waals surface area contributed by atoms with E-state index < -0.39 is 30.2 Å². The molecule has 0 saturated carbocycles. The van der Waals surface area contributed by atoms with Crippen LogP contribution in [-0.4, -0.2) is 43.0 Å². The van der Waals surface area contributed by atoms with Crippen LogP contribution in [0.2, 0.25) is 0 Å². The lowest BCUT2D eigenvalue weighted by Crippen LogP contribution is -2.22. The highest BCUT2D eigenvalue weighted by molar-refractivity contribution is 5.97. The summed E-state index contributed by atoms with van der Waals surface area (Å²) >= 11 is 0. The van der Waals surface area contributed by atoms with Crippen molar-refractivity contribution < 1.29 is 27.5 Å². The molecule has 2 aromatic carbocycles. The molecular formula is C24H21F3N6O3. The van der Waals surface area contributed by atoms with Gasteiger partial charge in [0.2, 0.25) is 0 Å². The van der Waals surface area contributed by atoms with Gasteiger partial charge in [-0.05, 0) is 37.6 Å². The number of ether oxygens (including phenoxy) is 1. The van der Waals surface area contributed by atoms with E-state index in [2.05, 4.69) is 20.5 Å². The Kier molecular flexibility index (Phi) is 6.86. The normalized spacial score (nSPS) is 11.4. The average molecular weight is 498 g/mol. The van der Waals surface area contributed by atoms with Gasteiger partial charge in [0.25, 0.3) is 5.91 Å². The second kappa shape index (κ2) is 10.0. The highest BCUT2D eigenvalue weighted by Crippen LogP contribution is 2.33. The zero-order valence-electron chi connectivity index (χ0n) is 19.3. The fourth-order valence-electron chi connectivity index (χ4n) is 3.64. The monoisotopic (exact) mass is 498 g/mol. The van der Waals surface area contributed by atoms with E-state index in [0.29, 0.717) is 17.9 Å². The molecule has 1 amide bonds. The number of amides is 1. The number of nitrogens with zero attached hydrogens (tertiary/aromatic N) is 5. The van der Waals surface area contributed by atoms with Gasteiger partial charge in [-0.1, -0.05) is 30.3 Å². The summed E-state index contributed by atoms with van der Waals surface area (Å²) in [5, 5.41) is 10.6. The number of aromatic nitrogens is 5. The second-order valence-corrected chi connectivity index (χ2v) is 7.88. The van der Waals surface area contributed by atoms with E-state index in [0.717, 1.165) is 23.8 Å². The van der Waals surface area contributed by atoms with Gasteiger partial charge in [-0.15, -0.1) is 0 Å². The van der Waals surface area contributed by atoms with Crippen LogP contribution in [-0.2, 0) is 22.3 Å². The number of nitrogens with one attached hydrogen (secondary N) is 1. The molecule has 0 atom stereocenters. The first kappa shape index (κ1) is 24.6. The minimum atomic E-state index is -4.62. The molecule has 0 radical (unpaired) electrons. The van der Waals surface area contributed by atoms with E-state index in [9.17, 15) is 22.8 Å². The summed E-state index contributed by atoms with van der Waals surface area (Å²) in [5.74, 6) is -1.59. The molecule has 186 valence electrons. The van der Waals surface area contributed by atoms with Crippen molar-refractivity contribution in [3.63, 3.8) is 0 Å². The zero-order valence-corrected chi connectivity index (χ0v) is 19.3. The van der Waals surface area contributed by atoms with Gasteiger partial charge in [0, 0.05) is 0 Å². The summed E-state index contributed by atoms with van der Waals surface area (Å²) in [5.41, 5.74) is 1.24. The predicted molar refractivity (Wildman–Crippen MR) is 123 cm³/mol. The number of carbonyl (C=O) groups is 2. The molecule has 12 heteroatoms. The third-order valence-corrected chi connectivity index (χ3v) is 5.36. The first-order valence-electron chi connectivity index (χ1n) is 10.7. The van der Waals surface area contributed by atoms with Crippen LogP contribution >= 0.6 is 0 Å². The maximum absolute atomic E-state index is 13.2. The van der Waals surface area contributed by atoms with Gasteiger partial charge < -0.3 is 10.1 Å². The van der Waals surface area contributed by atoms with Gasteiger partial charge in [0.1, 0.15) is 18.2 Å². The smallest absolute Gasteiger partial charge is 0.416 e. The fourth-order valence-corrected chi connectivity index (χ4v) is 3.64. The molecule has 2 aromatic heterocycles. The molecular weight excluding hydrogens is 477 g/mol. The lowest BCUT2D eigenvalue weighted by atomic mass is 10.1. The van der Waals surface area contributed by atoms with E-state index in [1.165, 1.54) is 17.3 Å². The maximum Gasteiger partial charge on any atom is 0.416 e. The minimum absolute atomic E-state index is 0.161. The number of rotatable bonds is 7. The molecule has 36 heavy (non-hydrogen) atoms. The first-order valence-corrected chi connectivity index (χ1v) is 10.7. The molecule has 4 rings (SSSR count). The summed E-state index contributed by atoms with van der Waals surface area (Å²) < 4.78 is 47.7. The Hall–Kier alpha value is -4.48. The highest BCUT2D eigenvalue weighted by Gasteiger charge is 2.31. The quantitative estimate of drug-likeness (QED) is 0.387. The number of hydrogen-bond acceptors (Lipinski definition) is 6. The van der Waals surface area contributed by atoms with Crippen LogP contribution in [0.4, 0.5) is 18.9 Å². The van der Waals surface area contributed by atoms with Crippen molar-refractivity contribution in [2.45, 2.75) is 26.6 Å². The first-order chi connectivity index (χ1) is 17.1. The van der Waals surface area contributed by atoms with Crippen LogP contribution in [0.3, 0.4) is 0 Å². The number of aryl methyl sites for hydroxylation is 1. The number of alkyl halides is 3. The third-order valence-electron chi connectivity index (χ3n) is 5.36. The Morgan fingerprint density at radius 2 is 1.83 bits per heavy atom. The van der Waals surface area contributed by atoms with Crippen molar-refractivity contribution in [1.82, 2.24) is 24.5 Å². The Labute approximate surface area is 203 Å². The summed E-state index contributed by atoms with van der Waals surface area (Å²) in [6, 6.07) is 12.4. The lowest BCUT2D eigenvalue weighted by Gasteiger charge is -2.14. The topological polar surface area (TPSA) is 104 Å². The van der Waals surface area contributed by atoms with E-state index in [4.69, 9.17) is 4.74 Å². The summed E-state index contributed by atoms with van der Waals surface area (Å²) in [7, 11) is 0. The fraction of sp³-hybridized carbons (Fsp3) is 0.208. The van der Waals surface area contributed by atoms with E-state index in [-0.39, 0.29) is 16.9 Å². The molecule has 9 nitrogen and oxygen atoms in total. The third kappa shape index (κ3) is 5.43. The Bertz CT molecular complexity index is 1380. The average Bonchev–Trinajstić information content (AvgIpc) is 3.46. The standard InChI is InChI=1S/C24H21F3N6O3/c1-15-22(16(2)32(31-15)11-17-6-4-3-5-7-17)23(35)36-12-21(34)30-19-10-18(24(25,26)27)8-9-20(19)33-14-28-13-29-33/h3-10,13-14H,11-12H2,1-2H3,(H,30,34). The van der Waals surface area contributed by atoms with E-state index in [1.807, 2.05) is 30.3 Å². The Morgan fingerprint density at radius 1 is 1.08 bits per heavy atom. The minimum Gasteiger partial charge on any atom is -0.452 e. The second-order valence-electron chi connectivity index (χ2n) is 7.88. The van der Waals surface area contributed by atoms with E-state index in [1.54, 1.807) is 18.5 Å². The molecule has 0 unspecified atom stereocenters. The Balaban J connectivity index is 1.47. The van der Waals surface area contributed by atoms with Gasteiger partial charge in [-0.2, -0.15) is 23.4 Å². The summed E-state index contributed by atoms with van der Waals surface area (Å²) in [6.07, 6.45) is -2.15. The van der Waals surface area contributed by atoms with Gasteiger partial charge in [0.15, 0.2) is 6.61 Å². The number of esters is 1. The molecule has 0 aliphatic rings. The van der Waals surface area contributed by atoms with Crippen LogP contribution in [0.5, 0.6) is 0 Å². The van der Waals surface area contributed by atoms with Crippen molar-refractivity contribution in [2.75, 3.05) is 11.9 Å². The molecule has 0 saturated heterocycles. The number of benzene rings is 2. The van der Waals surface area contributed by atoms with Crippen molar-refractivity contribution in [3.8, 4) is 5.69 Å². The summed E-state index contributed by atoms with van der Waals surface area (Å²) in [6.45, 7) is 3.10. The van der Waals surface area contributed by atoms with Crippen LogP contribution < -0.4 is 5.32 Å². The van der Waals surface area contributed by atoms with Crippen molar-refractivity contribution >= 4 is 17.6 Å². The van der Waals surface area contributed by atoms with Crippen LogP contribution in [0.1, 0.15) is 32.9 Å². The predicted octanol–water partition coefficient (Wildman–Crippen LogP) is 3.94. The molecule has 1 N–H and O–H groups in total. The van der Waals surface area contributed by atoms with Gasteiger partial charge >= 0.3 is 12.1 Å². The highest BCUT2D eigenvalue weighted by atomic mass is 19.4. The number of hydrogen-bond donors (Lipinski definition) is 1. The number of halogens is 3. The molecule has 4 aromatic rings. The van der Waals surface area contributed by atoms with Gasteiger partial charge in [0.05, 0.1) is 34.9 Å². The molecule has 0 aliphatic carbocycles. The van der Waals surface area contributed by atoms with E-state index >= 15 is 0 Å². The SMILES string of the molecule is Cc1nn(Cc2ccccc2)c(C)c1C(=O)OCC(=O)Nc1cc(C(F)(F)F)ccc1-n1cncn1. The lowest BCUT2D eigenvalue weighted by molar-refractivity contribution is -0.137. The molecule has 0 aliphatic heterocycles. The van der Waals surface area contributed by atoms with Crippen molar-refractivity contribution in [3.05, 3.63) is 89.3 Å². The van der Waals surface area contributed by atoms with Crippen molar-refractivity contribution in [1.29, 1.82) is 0 Å². The van der Waals surface area contributed by atoms with Crippen LogP contribution in [0, 0.1) is 13.8 Å². The molecule has 0 fully saturated rings. The molecule has 2 heterocycles. The molecule has 0 bridgehead atoms. The zero-order chi connectivity index (χ0) is 25.9. The molecule has 0 spiro atoms. The van der Waals surface area contributed by atoms with Crippen LogP contribution in [0.15, 0.2) is 61.2 Å². The van der Waals surface area contributed by atoms with Gasteiger partial charge in [-0.25, -0.2) is 14.5 Å².